The molecule has 0 bridgehead atoms. The van der Waals surface area contributed by atoms with E-state index in [9.17, 15) is 4.79 Å². The van der Waals surface area contributed by atoms with Gasteiger partial charge in [-0.15, -0.1) is 0 Å². The Morgan fingerprint density at radius 2 is 1.76 bits per heavy atom. The maximum absolute atomic E-state index is 12.4. The molecule has 0 aromatic heterocycles. The number of carbonyl (C=O) groups excluding carboxylic acids is 1. The Bertz CT molecular complexity index is 247. The van der Waals surface area contributed by atoms with E-state index in [4.69, 9.17) is 0 Å². The molecule has 1 heterocycles. The first-order valence-electron chi connectivity index (χ1n) is 6.57. The number of nitrogens with zero attached hydrogens (tertiary/aromatic N) is 2. The van der Waals surface area contributed by atoms with Gasteiger partial charge in [0, 0.05) is 19.0 Å². The van der Waals surface area contributed by atoms with E-state index in [1.54, 1.807) is 0 Å². The molecule has 0 atom stereocenters. The molecule has 0 aromatic carbocycles. The summed E-state index contributed by atoms with van der Waals surface area (Å²) in [7, 11) is 6.07. The van der Waals surface area contributed by atoms with Crippen molar-refractivity contribution in [2.45, 2.75) is 26.2 Å². The van der Waals surface area contributed by atoms with Crippen LogP contribution in [0.15, 0.2) is 0 Å². The van der Waals surface area contributed by atoms with E-state index in [0.29, 0.717) is 5.91 Å². The van der Waals surface area contributed by atoms with Gasteiger partial charge in [-0.25, -0.2) is 0 Å². The van der Waals surface area contributed by atoms with E-state index in [1.165, 1.54) is 0 Å². The Balaban J connectivity index is 2.39. The predicted molar refractivity (Wildman–Crippen MR) is 71.0 cm³/mol. The van der Waals surface area contributed by atoms with Crippen LogP contribution in [0.25, 0.3) is 0 Å². The van der Waals surface area contributed by atoms with E-state index in [0.717, 1.165) is 45.4 Å². The van der Waals surface area contributed by atoms with Gasteiger partial charge in [-0.05, 0) is 53.0 Å². The lowest BCUT2D eigenvalue weighted by molar-refractivity contribution is -0.141. The first kappa shape index (κ1) is 14.5. The summed E-state index contributed by atoms with van der Waals surface area (Å²) >= 11 is 0. The highest BCUT2D eigenvalue weighted by Crippen LogP contribution is 2.29. The van der Waals surface area contributed by atoms with Crippen molar-refractivity contribution < 1.29 is 4.79 Å². The summed E-state index contributed by atoms with van der Waals surface area (Å²) in [5.74, 6) is 0.317. The van der Waals surface area contributed by atoms with Crippen molar-refractivity contribution in [3.8, 4) is 0 Å². The second-order valence-electron chi connectivity index (χ2n) is 5.69. The standard InChI is InChI=1S/C13H27N3O/c1-13(6-8-14-9-7-13)12(17)16(4)11-5-10-15(2)3/h14H,5-11H2,1-4H3. The first-order chi connectivity index (χ1) is 7.96. The van der Waals surface area contributed by atoms with Gasteiger partial charge in [0.2, 0.25) is 5.91 Å². The Kier molecular flexibility index (Phi) is 5.40. The molecule has 1 aliphatic heterocycles. The molecule has 0 aromatic rings. The minimum absolute atomic E-state index is 0.141. The maximum Gasteiger partial charge on any atom is 0.228 e. The van der Waals surface area contributed by atoms with Gasteiger partial charge in [0.25, 0.3) is 0 Å². The number of rotatable bonds is 5. The van der Waals surface area contributed by atoms with E-state index in [-0.39, 0.29) is 5.41 Å². The van der Waals surface area contributed by atoms with Crippen molar-refractivity contribution in [1.29, 1.82) is 0 Å². The summed E-state index contributed by atoms with van der Waals surface area (Å²) in [4.78, 5) is 16.4. The molecule has 1 N–H and O–H groups in total. The summed E-state index contributed by atoms with van der Waals surface area (Å²) in [6.07, 6.45) is 2.97. The SMILES string of the molecule is CN(C)CCCN(C)C(=O)C1(C)CCNCC1. The molecule has 1 aliphatic rings. The second kappa shape index (κ2) is 6.36. The molecule has 4 heteroatoms. The monoisotopic (exact) mass is 241 g/mol. The molecule has 17 heavy (non-hydrogen) atoms. The number of piperidine rings is 1. The van der Waals surface area contributed by atoms with Gasteiger partial charge in [0.15, 0.2) is 0 Å². The zero-order valence-electron chi connectivity index (χ0n) is 11.8. The highest BCUT2D eigenvalue weighted by Gasteiger charge is 2.36. The Morgan fingerprint density at radius 3 is 2.29 bits per heavy atom. The molecule has 0 saturated carbocycles. The Hall–Kier alpha value is -0.610. The Morgan fingerprint density at radius 1 is 1.18 bits per heavy atom. The number of hydrogen-bond acceptors (Lipinski definition) is 3. The molecule has 1 amide bonds. The average molecular weight is 241 g/mol. The topological polar surface area (TPSA) is 35.6 Å². The van der Waals surface area contributed by atoms with Crippen LogP contribution in [0.4, 0.5) is 0 Å². The van der Waals surface area contributed by atoms with Gasteiger partial charge in [-0.2, -0.15) is 0 Å². The van der Waals surface area contributed by atoms with Crippen molar-refractivity contribution >= 4 is 5.91 Å². The van der Waals surface area contributed by atoms with E-state index >= 15 is 0 Å². The number of amides is 1. The number of nitrogens with one attached hydrogen (secondary N) is 1. The van der Waals surface area contributed by atoms with Crippen LogP contribution >= 0.6 is 0 Å². The van der Waals surface area contributed by atoms with E-state index < -0.39 is 0 Å². The fraction of sp³-hybridized carbons (Fsp3) is 0.923. The molecule has 1 saturated heterocycles. The lowest BCUT2D eigenvalue weighted by Gasteiger charge is -2.36. The molecule has 4 nitrogen and oxygen atoms in total. The van der Waals surface area contributed by atoms with Crippen LogP contribution in [0.5, 0.6) is 0 Å². The lowest BCUT2D eigenvalue weighted by atomic mass is 9.79. The molecule has 0 unspecified atom stereocenters. The molecule has 0 radical (unpaired) electrons. The zero-order chi connectivity index (χ0) is 12.9. The van der Waals surface area contributed by atoms with Crippen LogP contribution in [0, 0.1) is 5.41 Å². The maximum atomic E-state index is 12.4. The summed E-state index contributed by atoms with van der Waals surface area (Å²) < 4.78 is 0. The molecular formula is C13H27N3O. The molecule has 0 spiro atoms. The van der Waals surface area contributed by atoms with Gasteiger partial charge >= 0.3 is 0 Å². The largest absolute Gasteiger partial charge is 0.345 e. The van der Waals surface area contributed by atoms with Crippen molar-refractivity contribution in [3.05, 3.63) is 0 Å². The molecular weight excluding hydrogens is 214 g/mol. The normalized spacial score (nSPS) is 19.4. The highest BCUT2D eigenvalue weighted by atomic mass is 16.2. The van der Waals surface area contributed by atoms with Gasteiger partial charge < -0.3 is 15.1 Å². The van der Waals surface area contributed by atoms with Crippen LogP contribution in [0.1, 0.15) is 26.2 Å². The number of hydrogen-bond donors (Lipinski definition) is 1. The van der Waals surface area contributed by atoms with Crippen molar-refractivity contribution in [1.82, 2.24) is 15.1 Å². The molecule has 0 aliphatic carbocycles. The van der Waals surface area contributed by atoms with E-state index in [1.807, 2.05) is 11.9 Å². The van der Waals surface area contributed by atoms with Crippen LogP contribution in [-0.4, -0.2) is 63.0 Å². The van der Waals surface area contributed by atoms with Gasteiger partial charge in [0.05, 0.1) is 0 Å². The van der Waals surface area contributed by atoms with E-state index in [2.05, 4.69) is 31.2 Å². The van der Waals surface area contributed by atoms with Crippen molar-refractivity contribution in [3.63, 3.8) is 0 Å². The first-order valence-corrected chi connectivity index (χ1v) is 6.57. The predicted octanol–water partition coefficient (Wildman–Crippen LogP) is 0.786. The third-order valence-corrected chi connectivity index (χ3v) is 3.67. The molecule has 100 valence electrons. The second-order valence-corrected chi connectivity index (χ2v) is 5.69. The lowest BCUT2D eigenvalue weighted by Crippen LogP contribution is -2.46. The Labute approximate surface area is 105 Å². The fourth-order valence-electron chi connectivity index (χ4n) is 2.38. The summed E-state index contributed by atoms with van der Waals surface area (Å²) in [5.41, 5.74) is -0.141. The summed E-state index contributed by atoms with van der Waals surface area (Å²) in [5, 5.41) is 3.31. The van der Waals surface area contributed by atoms with Crippen molar-refractivity contribution in [2.75, 3.05) is 47.3 Å². The van der Waals surface area contributed by atoms with Crippen LogP contribution in [-0.2, 0) is 4.79 Å². The zero-order valence-corrected chi connectivity index (χ0v) is 11.8. The van der Waals surface area contributed by atoms with Gasteiger partial charge in [-0.3, -0.25) is 4.79 Å². The minimum Gasteiger partial charge on any atom is -0.345 e. The summed E-state index contributed by atoms with van der Waals surface area (Å²) in [6.45, 7) is 5.94. The van der Waals surface area contributed by atoms with Gasteiger partial charge in [-0.1, -0.05) is 6.92 Å². The summed E-state index contributed by atoms with van der Waals surface area (Å²) in [6, 6.07) is 0. The third kappa shape index (κ3) is 4.28. The van der Waals surface area contributed by atoms with Crippen LogP contribution in [0.3, 0.4) is 0 Å². The smallest absolute Gasteiger partial charge is 0.228 e. The van der Waals surface area contributed by atoms with Crippen LogP contribution in [0.2, 0.25) is 0 Å². The van der Waals surface area contributed by atoms with Crippen LogP contribution < -0.4 is 5.32 Å². The van der Waals surface area contributed by atoms with Crippen molar-refractivity contribution in [2.24, 2.45) is 5.41 Å². The molecule has 1 fully saturated rings. The quantitative estimate of drug-likeness (QED) is 0.773. The molecule has 1 rings (SSSR count). The minimum atomic E-state index is -0.141. The van der Waals surface area contributed by atoms with Gasteiger partial charge in [0.1, 0.15) is 0 Å². The highest BCUT2D eigenvalue weighted by molar-refractivity contribution is 5.82. The fourth-order valence-corrected chi connectivity index (χ4v) is 2.38. The average Bonchev–Trinajstić information content (AvgIpc) is 2.28. The number of carbonyl (C=O) groups is 1. The third-order valence-electron chi connectivity index (χ3n) is 3.67.